The van der Waals surface area contributed by atoms with Crippen molar-refractivity contribution in [3.8, 4) is 34.0 Å². The van der Waals surface area contributed by atoms with Crippen LogP contribution in [0.5, 0.6) is 11.5 Å². The van der Waals surface area contributed by atoms with Crippen molar-refractivity contribution in [2.24, 2.45) is 0 Å². The molecule has 1 aromatic heterocycles. The number of methoxy groups -OCH3 is 2. The summed E-state index contributed by atoms with van der Waals surface area (Å²) < 4.78 is 10.8. The van der Waals surface area contributed by atoms with Gasteiger partial charge in [0.25, 0.3) is 0 Å². The maximum absolute atomic E-state index is 5.38. The zero-order chi connectivity index (χ0) is 20.1. The van der Waals surface area contributed by atoms with Crippen LogP contribution in [-0.4, -0.2) is 24.2 Å². The number of hydrogen-bond donors (Lipinski definition) is 1. The lowest BCUT2D eigenvalue weighted by Crippen LogP contribution is -1.90. The number of nitrogens with one attached hydrogen (secondary N) is 1. The van der Waals surface area contributed by atoms with E-state index in [1.165, 1.54) is 0 Å². The zero-order valence-electron chi connectivity index (χ0n) is 16.4. The highest BCUT2D eigenvalue weighted by molar-refractivity contribution is 7.98. The van der Waals surface area contributed by atoms with Crippen LogP contribution in [0.4, 0.5) is 0 Å². The Kier molecular flexibility index (Phi) is 5.86. The molecule has 3 aromatic carbocycles. The lowest BCUT2D eigenvalue weighted by Gasteiger charge is -2.07. The molecular formula is C24H22N2O2S. The normalized spacial score (nSPS) is 10.7. The van der Waals surface area contributed by atoms with Crippen LogP contribution in [0, 0.1) is 0 Å². The number of benzene rings is 3. The van der Waals surface area contributed by atoms with Gasteiger partial charge in [-0.1, -0.05) is 72.4 Å². The van der Waals surface area contributed by atoms with Crippen molar-refractivity contribution in [2.45, 2.75) is 10.9 Å². The third-order valence-corrected chi connectivity index (χ3v) is 5.52. The minimum Gasteiger partial charge on any atom is -0.497 e. The van der Waals surface area contributed by atoms with Gasteiger partial charge in [-0.3, -0.25) is 0 Å². The first-order valence-electron chi connectivity index (χ1n) is 9.32. The van der Waals surface area contributed by atoms with Crippen molar-refractivity contribution in [3.05, 3.63) is 84.4 Å². The highest BCUT2D eigenvalue weighted by Gasteiger charge is 2.14. The minimum atomic E-state index is 0.754. The molecule has 5 heteroatoms. The second-order valence-corrected chi connectivity index (χ2v) is 7.47. The Morgan fingerprint density at radius 3 is 1.97 bits per heavy atom. The van der Waals surface area contributed by atoms with Crippen LogP contribution in [0.3, 0.4) is 0 Å². The summed E-state index contributed by atoms with van der Waals surface area (Å²) in [5.41, 5.74) is 5.32. The number of imidazole rings is 1. The van der Waals surface area contributed by atoms with Gasteiger partial charge in [0.05, 0.1) is 25.6 Å². The van der Waals surface area contributed by atoms with Gasteiger partial charge < -0.3 is 14.5 Å². The fourth-order valence-corrected chi connectivity index (χ4v) is 3.94. The van der Waals surface area contributed by atoms with E-state index in [9.17, 15) is 0 Å². The van der Waals surface area contributed by atoms with Gasteiger partial charge in [0, 0.05) is 22.9 Å². The molecule has 4 rings (SSSR count). The van der Waals surface area contributed by atoms with Crippen LogP contribution in [-0.2, 0) is 5.75 Å². The van der Waals surface area contributed by atoms with Crippen molar-refractivity contribution in [2.75, 3.05) is 14.2 Å². The second kappa shape index (κ2) is 8.88. The Bertz CT molecular complexity index is 1000. The van der Waals surface area contributed by atoms with Gasteiger partial charge in [-0.2, -0.15) is 0 Å². The average Bonchev–Trinajstić information content (AvgIpc) is 3.23. The van der Waals surface area contributed by atoms with Gasteiger partial charge >= 0.3 is 0 Å². The maximum atomic E-state index is 5.38. The summed E-state index contributed by atoms with van der Waals surface area (Å²) in [6, 6.07) is 26.5. The van der Waals surface area contributed by atoms with Crippen molar-refractivity contribution < 1.29 is 9.47 Å². The Morgan fingerprint density at radius 2 is 1.38 bits per heavy atom. The highest BCUT2D eigenvalue weighted by Crippen LogP contribution is 2.34. The molecule has 1 heterocycles. The Labute approximate surface area is 174 Å². The quantitative estimate of drug-likeness (QED) is 0.382. The molecule has 0 amide bonds. The van der Waals surface area contributed by atoms with Crippen LogP contribution < -0.4 is 9.47 Å². The standard InChI is InChI=1S/C24H22N2O2S/c1-27-20-13-17(14-21(15-20)28-2)16-29-24-25-22(18-9-5-3-6-10-18)23(26-24)19-11-7-4-8-12-19/h3-15H,16H2,1-2H3,(H,25,26). The summed E-state index contributed by atoms with van der Waals surface area (Å²) in [4.78, 5) is 8.42. The van der Waals surface area contributed by atoms with Gasteiger partial charge in [-0.05, 0) is 17.7 Å². The molecule has 0 aliphatic rings. The minimum absolute atomic E-state index is 0.754. The fraction of sp³-hybridized carbons (Fsp3) is 0.125. The molecule has 146 valence electrons. The van der Waals surface area contributed by atoms with E-state index in [-0.39, 0.29) is 0 Å². The van der Waals surface area contributed by atoms with E-state index in [1.807, 2.05) is 54.6 Å². The number of hydrogen-bond acceptors (Lipinski definition) is 4. The van der Waals surface area contributed by atoms with Crippen LogP contribution in [0.1, 0.15) is 5.56 Å². The Morgan fingerprint density at radius 1 is 0.793 bits per heavy atom. The Hall–Kier alpha value is -3.18. The predicted octanol–water partition coefficient (Wildman–Crippen LogP) is 6.05. The van der Waals surface area contributed by atoms with Crippen LogP contribution in [0.2, 0.25) is 0 Å². The lowest BCUT2D eigenvalue weighted by molar-refractivity contribution is 0.393. The molecule has 29 heavy (non-hydrogen) atoms. The smallest absolute Gasteiger partial charge is 0.166 e. The van der Waals surface area contributed by atoms with Crippen LogP contribution in [0.25, 0.3) is 22.5 Å². The van der Waals surface area contributed by atoms with Gasteiger partial charge in [0.15, 0.2) is 5.16 Å². The van der Waals surface area contributed by atoms with Gasteiger partial charge in [-0.15, -0.1) is 0 Å². The molecule has 0 bridgehead atoms. The molecule has 0 aliphatic carbocycles. The number of H-pyrrole nitrogens is 1. The molecule has 0 radical (unpaired) electrons. The number of aromatic nitrogens is 2. The number of thioether (sulfide) groups is 1. The van der Waals surface area contributed by atoms with Crippen molar-refractivity contribution in [1.29, 1.82) is 0 Å². The van der Waals surface area contributed by atoms with Crippen LogP contribution >= 0.6 is 11.8 Å². The molecule has 4 nitrogen and oxygen atoms in total. The number of aromatic amines is 1. The highest BCUT2D eigenvalue weighted by atomic mass is 32.2. The first kappa shape index (κ1) is 19.2. The third-order valence-electron chi connectivity index (χ3n) is 4.58. The van der Waals surface area contributed by atoms with E-state index < -0.39 is 0 Å². The summed E-state index contributed by atoms with van der Waals surface area (Å²) in [5.74, 6) is 2.33. The molecule has 0 atom stereocenters. The van der Waals surface area contributed by atoms with E-state index in [0.717, 1.165) is 50.5 Å². The van der Waals surface area contributed by atoms with Gasteiger partial charge in [0.1, 0.15) is 11.5 Å². The molecule has 4 aromatic rings. The average molecular weight is 403 g/mol. The largest absolute Gasteiger partial charge is 0.497 e. The molecule has 0 fully saturated rings. The summed E-state index contributed by atoms with van der Waals surface area (Å²) in [6.07, 6.45) is 0. The molecule has 0 spiro atoms. The van der Waals surface area contributed by atoms with Gasteiger partial charge in [-0.25, -0.2) is 4.98 Å². The Balaban J connectivity index is 1.64. The first-order valence-corrected chi connectivity index (χ1v) is 10.3. The molecule has 0 saturated heterocycles. The number of rotatable bonds is 7. The second-order valence-electron chi connectivity index (χ2n) is 6.51. The third kappa shape index (κ3) is 4.46. The van der Waals surface area contributed by atoms with Crippen molar-refractivity contribution in [1.82, 2.24) is 9.97 Å². The molecule has 1 N–H and O–H groups in total. The molecule has 0 saturated carbocycles. The number of nitrogens with zero attached hydrogens (tertiary/aromatic N) is 1. The number of ether oxygens (including phenoxy) is 2. The molecular weight excluding hydrogens is 380 g/mol. The van der Waals surface area contributed by atoms with Crippen LogP contribution in [0.15, 0.2) is 84.0 Å². The lowest BCUT2D eigenvalue weighted by atomic mass is 10.1. The van der Waals surface area contributed by atoms with E-state index in [4.69, 9.17) is 14.5 Å². The molecule has 0 unspecified atom stereocenters. The first-order chi connectivity index (χ1) is 14.3. The summed E-state index contributed by atoms with van der Waals surface area (Å²) in [7, 11) is 3.33. The summed E-state index contributed by atoms with van der Waals surface area (Å²) in [6.45, 7) is 0. The monoisotopic (exact) mass is 402 g/mol. The predicted molar refractivity (Wildman–Crippen MR) is 119 cm³/mol. The summed E-state index contributed by atoms with van der Waals surface area (Å²) in [5, 5.41) is 0.879. The SMILES string of the molecule is COc1cc(CSc2nc(-c3ccccc3)c(-c3ccccc3)[nH]2)cc(OC)c1. The van der Waals surface area contributed by atoms with E-state index in [0.29, 0.717) is 0 Å². The van der Waals surface area contributed by atoms with E-state index in [2.05, 4.69) is 29.2 Å². The van der Waals surface area contributed by atoms with Crippen molar-refractivity contribution in [3.63, 3.8) is 0 Å². The zero-order valence-corrected chi connectivity index (χ0v) is 17.2. The topological polar surface area (TPSA) is 47.1 Å². The van der Waals surface area contributed by atoms with E-state index in [1.54, 1.807) is 26.0 Å². The van der Waals surface area contributed by atoms with Gasteiger partial charge in [0.2, 0.25) is 0 Å². The van der Waals surface area contributed by atoms with E-state index >= 15 is 0 Å². The van der Waals surface area contributed by atoms with Crippen molar-refractivity contribution >= 4 is 11.8 Å². The fourth-order valence-electron chi connectivity index (χ4n) is 3.14. The molecule has 0 aliphatic heterocycles. The summed E-state index contributed by atoms with van der Waals surface area (Å²) >= 11 is 1.66. The maximum Gasteiger partial charge on any atom is 0.166 e.